The van der Waals surface area contributed by atoms with Crippen molar-refractivity contribution in [1.29, 1.82) is 5.26 Å². The van der Waals surface area contributed by atoms with Gasteiger partial charge >= 0.3 is 0 Å². The number of unbranched alkanes of at least 4 members (excludes halogenated alkanes) is 2. The Morgan fingerprint density at radius 2 is 1.95 bits per heavy atom. The molecule has 1 aromatic carbocycles. The van der Waals surface area contributed by atoms with Gasteiger partial charge in [0.1, 0.15) is 0 Å². The van der Waals surface area contributed by atoms with Crippen LogP contribution in [-0.4, -0.2) is 12.3 Å². The van der Waals surface area contributed by atoms with Crippen LogP contribution in [-0.2, 0) is 6.54 Å². The minimum Gasteiger partial charge on any atom is -0.312 e. The molecule has 0 radical (unpaired) electrons. The SMILES string of the molecule is CC(C)CNCc1ccc(SCCCCC#N)cc1. The maximum absolute atomic E-state index is 8.46. The number of nitrogens with one attached hydrogen (secondary N) is 1. The Bertz CT molecular complexity index is 379. The second kappa shape index (κ2) is 9.89. The average molecular weight is 276 g/mol. The summed E-state index contributed by atoms with van der Waals surface area (Å²) in [7, 11) is 0. The van der Waals surface area contributed by atoms with Crippen LogP contribution in [0.3, 0.4) is 0 Å². The molecule has 0 spiro atoms. The first-order valence-electron chi connectivity index (χ1n) is 7.01. The molecule has 0 bridgehead atoms. The van der Waals surface area contributed by atoms with Crippen molar-refractivity contribution in [2.45, 2.75) is 44.6 Å². The number of hydrogen-bond donors (Lipinski definition) is 1. The van der Waals surface area contributed by atoms with Crippen LogP contribution in [0, 0.1) is 17.2 Å². The Labute approximate surface area is 121 Å². The van der Waals surface area contributed by atoms with E-state index in [0.29, 0.717) is 12.3 Å². The number of rotatable bonds is 9. The van der Waals surface area contributed by atoms with E-state index in [4.69, 9.17) is 5.26 Å². The predicted molar refractivity (Wildman–Crippen MR) is 83.2 cm³/mol. The van der Waals surface area contributed by atoms with E-state index in [1.807, 2.05) is 11.8 Å². The molecule has 0 unspecified atom stereocenters. The maximum atomic E-state index is 8.46. The van der Waals surface area contributed by atoms with Gasteiger partial charge in [0.05, 0.1) is 6.07 Å². The molecule has 1 aromatic rings. The van der Waals surface area contributed by atoms with Crippen LogP contribution < -0.4 is 5.32 Å². The van der Waals surface area contributed by atoms with E-state index in [0.717, 1.165) is 31.7 Å². The van der Waals surface area contributed by atoms with Crippen molar-refractivity contribution in [1.82, 2.24) is 5.32 Å². The number of nitriles is 1. The molecule has 0 saturated carbocycles. The van der Waals surface area contributed by atoms with Gasteiger partial charge in [-0.05, 0) is 48.8 Å². The Balaban J connectivity index is 2.22. The van der Waals surface area contributed by atoms with Gasteiger partial charge in [-0.2, -0.15) is 5.26 Å². The van der Waals surface area contributed by atoms with E-state index in [9.17, 15) is 0 Å². The summed E-state index contributed by atoms with van der Waals surface area (Å²) in [5, 5.41) is 11.9. The molecule has 0 atom stereocenters. The minimum atomic E-state index is 0.682. The third-order valence-electron chi connectivity index (χ3n) is 2.76. The van der Waals surface area contributed by atoms with Gasteiger partial charge in [0.25, 0.3) is 0 Å². The third-order valence-corrected chi connectivity index (χ3v) is 3.86. The highest BCUT2D eigenvalue weighted by Gasteiger charge is 1.97. The lowest BCUT2D eigenvalue weighted by Gasteiger charge is -2.08. The average Bonchev–Trinajstić information content (AvgIpc) is 2.40. The number of hydrogen-bond acceptors (Lipinski definition) is 3. The molecule has 1 N–H and O–H groups in total. The molecular formula is C16H24N2S. The smallest absolute Gasteiger partial charge is 0.0621 e. The fourth-order valence-corrected chi connectivity index (χ4v) is 2.62. The van der Waals surface area contributed by atoms with Crippen LogP contribution >= 0.6 is 11.8 Å². The molecule has 0 aliphatic rings. The van der Waals surface area contributed by atoms with Crippen LogP contribution in [0.25, 0.3) is 0 Å². The van der Waals surface area contributed by atoms with Crippen molar-refractivity contribution in [3.8, 4) is 6.07 Å². The highest BCUT2D eigenvalue weighted by Crippen LogP contribution is 2.20. The highest BCUT2D eigenvalue weighted by molar-refractivity contribution is 7.99. The minimum absolute atomic E-state index is 0.682. The third kappa shape index (κ3) is 7.92. The monoisotopic (exact) mass is 276 g/mol. The molecule has 3 heteroatoms. The van der Waals surface area contributed by atoms with E-state index < -0.39 is 0 Å². The number of nitrogens with zero attached hydrogens (tertiary/aromatic N) is 1. The van der Waals surface area contributed by atoms with Gasteiger partial charge in [-0.25, -0.2) is 0 Å². The second-order valence-electron chi connectivity index (χ2n) is 5.13. The summed E-state index contributed by atoms with van der Waals surface area (Å²) in [5.41, 5.74) is 1.34. The van der Waals surface area contributed by atoms with Gasteiger partial charge in [0.15, 0.2) is 0 Å². The Morgan fingerprint density at radius 3 is 2.58 bits per heavy atom. The molecular weight excluding hydrogens is 252 g/mol. The molecule has 19 heavy (non-hydrogen) atoms. The molecule has 0 aliphatic carbocycles. The quantitative estimate of drug-likeness (QED) is 0.542. The first-order chi connectivity index (χ1) is 9.22. The second-order valence-corrected chi connectivity index (χ2v) is 6.30. The van der Waals surface area contributed by atoms with Gasteiger partial charge in [-0.3, -0.25) is 0 Å². The van der Waals surface area contributed by atoms with Crippen molar-refractivity contribution in [3.63, 3.8) is 0 Å². The normalized spacial score (nSPS) is 10.6. The van der Waals surface area contributed by atoms with Crippen molar-refractivity contribution in [3.05, 3.63) is 29.8 Å². The zero-order valence-corrected chi connectivity index (χ0v) is 12.8. The van der Waals surface area contributed by atoms with Gasteiger partial charge in [-0.1, -0.05) is 26.0 Å². The molecule has 0 saturated heterocycles. The van der Waals surface area contributed by atoms with Crippen molar-refractivity contribution < 1.29 is 0 Å². The van der Waals surface area contributed by atoms with E-state index in [1.165, 1.54) is 10.5 Å². The van der Waals surface area contributed by atoms with Crippen LogP contribution in [0.5, 0.6) is 0 Å². The summed E-state index contributed by atoms with van der Waals surface area (Å²) < 4.78 is 0. The molecule has 0 aliphatic heterocycles. The summed E-state index contributed by atoms with van der Waals surface area (Å²) >= 11 is 1.88. The fraction of sp³-hybridized carbons (Fsp3) is 0.562. The molecule has 0 aromatic heterocycles. The molecule has 1 rings (SSSR count). The molecule has 0 amide bonds. The highest BCUT2D eigenvalue weighted by atomic mass is 32.2. The van der Waals surface area contributed by atoms with Gasteiger partial charge in [-0.15, -0.1) is 11.8 Å². The topological polar surface area (TPSA) is 35.8 Å². The number of thioether (sulfide) groups is 1. The van der Waals surface area contributed by atoms with Crippen molar-refractivity contribution in [2.24, 2.45) is 5.92 Å². The largest absolute Gasteiger partial charge is 0.312 e. The van der Waals surface area contributed by atoms with Crippen molar-refractivity contribution >= 4 is 11.8 Å². The van der Waals surface area contributed by atoms with Crippen LogP contribution in [0.15, 0.2) is 29.2 Å². The molecule has 104 valence electrons. The lowest BCUT2D eigenvalue weighted by molar-refractivity contribution is 0.552. The zero-order chi connectivity index (χ0) is 13.9. The van der Waals surface area contributed by atoms with E-state index in [2.05, 4.69) is 49.5 Å². The lowest BCUT2D eigenvalue weighted by atomic mass is 10.2. The van der Waals surface area contributed by atoms with E-state index >= 15 is 0 Å². The number of benzene rings is 1. The van der Waals surface area contributed by atoms with Gasteiger partial charge in [0, 0.05) is 17.9 Å². The van der Waals surface area contributed by atoms with Crippen LogP contribution in [0.4, 0.5) is 0 Å². The van der Waals surface area contributed by atoms with E-state index in [-0.39, 0.29) is 0 Å². The first-order valence-corrected chi connectivity index (χ1v) is 8.00. The fourth-order valence-electron chi connectivity index (χ4n) is 1.70. The molecule has 2 nitrogen and oxygen atoms in total. The Kier molecular flexibility index (Phi) is 8.36. The first kappa shape index (κ1) is 16.1. The maximum Gasteiger partial charge on any atom is 0.0621 e. The summed E-state index contributed by atoms with van der Waals surface area (Å²) in [4.78, 5) is 1.32. The molecule has 0 heterocycles. The summed E-state index contributed by atoms with van der Waals surface area (Å²) in [6.45, 7) is 6.46. The lowest BCUT2D eigenvalue weighted by Crippen LogP contribution is -2.18. The zero-order valence-electron chi connectivity index (χ0n) is 12.0. The summed E-state index contributed by atoms with van der Waals surface area (Å²) in [6.07, 6.45) is 2.82. The van der Waals surface area contributed by atoms with E-state index in [1.54, 1.807) is 0 Å². The Morgan fingerprint density at radius 1 is 1.21 bits per heavy atom. The van der Waals surface area contributed by atoms with Crippen molar-refractivity contribution in [2.75, 3.05) is 12.3 Å². The molecule has 0 fully saturated rings. The van der Waals surface area contributed by atoms with Crippen LogP contribution in [0.1, 0.15) is 38.7 Å². The van der Waals surface area contributed by atoms with Crippen LogP contribution in [0.2, 0.25) is 0 Å². The van der Waals surface area contributed by atoms with Gasteiger partial charge < -0.3 is 5.32 Å². The summed E-state index contributed by atoms with van der Waals surface area (Å²) in [6, 6.07) is 11.0. The van der Waals surface area contributed by atoms with Gasteiger partial charge in [0.2, 0.25) is 0 Å². The Hall–Kier alpha value is -0.980. The standard InChI is InChI=1S/C16H24N2S/c1-14(2)12-18-13-15-6-8-16(9-7-15)19-11-5-3-4-10-17/h6-9,14,18H,3-5,11-13H2,1-2H3. The predicted octanol–water partition coefficient (Wildman–Crippen LogP) is 4.22. The summed E-state index contributed by atoms with van der Waals surface area (Å²) in [5.74, 6) is 1.80.